The lowest BCUT2D eigenvalue weighted by Gasteiger charge is -2.24. The maximum absolute atomic E-state index is 11.1. The van der Waals surface area contributed by atoms with Crippen molar-refractivity contribution in [2.75, 3.05) is 56.5 Å². The van der Waals surface area contributed by atoms with Gasteiger partial charge in [-0.1, -0.05) is 19.4 Å². The molecule has 3 rings (SSSR count). The summed E-state index contributed by atoms with van der Waals surface area (Å²) in [5.41, 5.74) is 7.69. The van der Waals surface area contributed by atoms with Gasteiger partial charge in [0.2, 0.25) is 12.2 Å². The number of nitrogens with zero attached hydrogens (tertiary/aromatic N) is 4. The van der Waals surface area contributed by atoms with Gasteiger partial charge in [-0.25, -0.2) is 4.98 Å². The van der Waals surface area contributed by atoms with E-state index >= 15 is 0 Å². The molecule has 4 N–H and O–H groups in total. The number of carbonyl (C=O) groups is 1. The molecule has 1 aliphatic rings. The number of unbranched alkanes of at least 4 members (excludes halogenated alkanes) is 1. The first-order valence-corrected chi connectivity index (χ1v) is 11.3. The van der Waals surface area contributed by atoms with Crippen molar-refractivity contribution in [1.82, 2.24) is 20.3 Å². The molecule has 0 radical (unpaired) electrons. The molecular formula is C22H33N7O5. The van der Waals surface area contributed by atoms with Crippen LogP contribution < -0.4 is 30.7 Å². The van der Waals surface area contributed by atoms with Gasteiger partial charge in [-0.3, -0.25) is 4.79 Å². The maximum Gasteiger partial charge on any atom is 0.320 e. The van der Waals surface area contributed by atoms with Crippen LogP contribution in [0.3, 0.4) is 0 Å². The van der Waals surface area contributed by atoms with E-state index in [-0.39, 0.29) is 18.5 Å². The molecule has 0 saturated carbocycles. The van der Waals surface area contributed by atoms with Gasteiger partial charge in [0.25, 0.3) is 0 Å². The molecule has 1 unspecified atom stereocenters. The molecule has 12 nitrogen and oxygen atoms in total. The number of nitrogens with two attached hydrogens (primary N) is 1. The van der Waals surface area contributed by atoms with Gasteiger partial charge in [0.05, 0.1) is 33.4 Å². The lowest BCUT2D eigenvalue weighted by molar-refractivity contribution is -0.139. The van der Waals surface area contributed by atoms with Crippen molar-refractivity contribution in [3.63, 3.8) is 0 Å². The van der Waals surface area contributed by atoms with Gasteiger partial charge < -0.3 is 40.2 Å². The normalized spacial score (nSPS) is 14.4. The van der Waals surface area contributed by atoms with E-state index < -0.39 is 6.35 Å². The van der Waals surface area contributed by atoms with Crippen LogP contribution in [-0.4, -0.2) is 67.8 Å². The number of hydrogen-bond acceptors (Lipinski definition) is 12. The van der Waals surface area contributed by atoms with Gasteiger partial charge >= 0.3 is 12.0 Å². The Morgan fingerprint density at radius 2 is 2.03 bits per heavy atom. The lowest BCUT2D eigenvalue weighted by atomic mass is 10.2. The minimum Gasteiger partial charge on any atom is -0.478 e. The fraction of sp³-hybridized carbons (Fsp3) is 0.545. The third kappa shape index (κ3) is 6.81. The molecule has 3 heterocycles. The van der Waals surface area contributed by atoms with Gasteiger partial charge in [-0.2, -0.15) is 9.97 Å². The molecule has 0 amide bonds. The predicted octanol–water partition coefficient (Wildman–Crippen LogP) is 1.53. The van der Waals surface area contributed by atoms with Crippen LogP contribution >= 0.6 is 0 Å². The molecule has 0 spiro atoms. The number of pyridine rings is 1. The predicted molar refractivity (Wildman–Crippen MR) is 127 cm³/mol. The first kappa shape index (κ1) is 25.2. The van der Waals surface area contributed by atoms with Gasteiger partial charge in [0.1, 0.15) is 5.69 Å². The smallest absolute Gasteiger partial charge is 0.320 e. The number of hydrogen-bond donors (Lipinski definition) is 3. The van der Waals surface area contributed by atoms with Crippen LogP contribution in [0.25, 0.3) is 0 Å². The van der Waals surface area contributed by atoms with E-state index in [0.29, 0.717) is 49.5 Å². The molecule has 0 saturated heterocycles. The summed E-state index contributed by atoms with van der Waals surface area (Å²) < 4.78 is 21.5. The van der Waals surface area contributed by atoms with E-state index in [9.17, 15) is 4.79 Å². The van der Waals surface area contributed by atoms with Crippen LogP contribution in [0.5, 0.6) is 11.9 Å². The molecule has 1 aliphatic heterocycles. The Balaban J connectivity index is 1.57. The summed E-state index contributed by atoms with van der Waals surface area (Å²) in [7, 11) is 2.97. The molecule has 0 fully saturated rings. The highest BCUT2D eigenvalue weighted by Crippen LogP contribution is 2.38. The van der Waals surface area contributed by atoms with Gasteiger partial charge in [0, 0.05) is 19.4 Å². The largest absolute Gasteiger partial charge is 0.478 e. The second-order valence-electron chi connectivity index (χ2n) is 7.61. The Hall–Kier alpha value is -3.38. The van der Waals surface area contributed by atoms with Crippen molar-refractivity contribution >= 4 is 23.3 Å². The van der Waals surface area contributed by atoms with Crippen molar-refractivity contribution in [1.29, 1.82) is 0 Å². The summed E-state index contributed by atoms with van der Waals surface area (Å²) in [5.74, 6) is 1.16. The zero-order valence-electron chi connectivity index (χ0n) is 19.9. The molecule has 1 atom stereocenters. The van der Waals surface area contributed by atoms with E-state index in [2.05, 4.69) is 37.2 Å². The Labute approximate surface area is 199 Å². The summed E-state index contributed by atoms with van der Waals surface area (Å²) >= 11 is 0. The molecule has 0 bridgehead atoms. The molecule has 12 heteroatoms. The molecule has 186 valence electrons. The fourth-order valence-electron chi connectivity index (χ4n) is 3.24. The summed E-state index contributed by atoms with van der Waals surface area (Å²) in [6, 6.07) is 4.00. The van der Waals surface area contributed by atoms with Crippen LogP contribution in [0.2, 0.25) is 0 Å². The summed E-state index contributed by atoms with van der Waals surface area (Å²) in [4.78, 5) is 26.2. The fourth-order valence-corrected chi connectivity index (χ4v) is 3.24. The number of fused-ring (bicyclic) bond motifs is 1. The number of rotatable bonds is 14. The van der Waals surface area contributed by atoms with Crippen LogP contribution in [0, 0.1) is 0 Å². The third-order valence-electron chi connectivity index (χ3n) is 5.07. The van der Waals surface area contributed by atoms with E-state index in [1.54, 1.807) is 13.3 Å². The SMILES string of the molecule is CCCCOc1nc(N)c2c(n1)N(Cc1ccc(OCCCNCC(=O)OC)nc1)C(OC)N2. The number of carbonyl (C=O) groups excluding carboxylic acids is 1. The van der Waals surface area contributed by atoms with Crippen LogP contribution in [0.4, 0.5) is 17.3 Å². The quantitative estimate of drug-likeness (QED) is 0.269. The minimum absolute atomic E-state index is 0.184. The Morgan fingerprint density at radius 1 is 1.21 bits per heavy atom. The lowest BCUT2D eigenvalue weighted by Crippen LogP contribution is -2.37. The average Bonchev–Trinajstić information content (AvgIpc) is 3.20. The second-order valence-corrected chi connectivity index (χ2v) is 7.61. The van der Waals surface area contributed by atoms with Crippen LogP contribution in [-0.2, 0) is 20.8 Å². The van der Waals surface area contributed by atoms with Crippen LogP contribution in [0.1, 0.15) is 31.7 Å². The van der Waals surface area contributed by atoms with Crippen molar-refractivity contribution in [3.8, 4) is 11.9 Å². The zero-order chi connectivity index (χ0) is 24.3. The van der Waals surface area contributed by atoms with Crippen LogP contribution in [0.15, 0.2) is 18.3 Å². The topological polar surface area (TPSA) is 146 Å². The molecule has 0 aliphatic carbocycles. The molecule has 0 aromatic carbocycles. The average molecular weight is 476 g/mol. The minimum atomic E-state index is -0.453. The number of esters is 1. The Bertz CT molecular complexity index is 929. The number of nitrogens with one attached hydrogen (secondary N) is 2. The van der Waals surface area contributed by atoms with E-state index in [1.165, 1.54) is 7.11 Å². The standard InChI is InChI=1S/C22H33N7O5/c1-4-5-10-34-21-27-19(23)18-20(28-21)29(22(26-18)32-3)14-15-7-8-16(25-12-15)33-11-6-9-24-13-17(30)31-2/h7-8,12,22,24,26H,4-6,9-11,13-14H2,1-3H3,(H2,23,27,28). The van der Waals surface area contributed by atoms with Crippen molar-refractivity contribution < 1.29 is 23.7 Å². The number of aromatic nitrogens is 3. The number of nitrogen functional groups attached to an aromatic ring is 1. The Morgan fingerprint density at radius 3 is 2.74 bits per heavy atom. The zero-order valence-corrected chi connectivity index (χ0v) is 19.9. The monoisotopic (exact) mass is 475 g/mol. The van der Waals surface area contributed by atoms with Gasteiger partial charge in [-0.05, 0) is 24.9 Å². The number of methoxy groups -OCH3 is 2. The van der Waals surface area contributed by atoms with E-state index in [1.807, 2.05) is 17.0 Å². The van der Waals surface area contributed by atoms with Gasteiger partial charge in [0.15, 0.2) is 11.6 Å². The molecule has 2 aromatic heterocycles. The highest BCUT2D eigenvalue weighted by Gasteiger charge is 2.33. The highest BCUT2D eigenvalue weighted by molar-refractivity contribution is 5.81. The van der Waals surface area contributed by atoms with E-state index in [4.69, 9.17) is 19.9 Å². The summed E-state index contributed by atoms with van der Waals surface area (Å²) in [6.07, 6.45) is 3.95. The molecule has 34 heavy (non-hydrogen) atoms. The second kappa shape index (κ2) is 12.8. The summed E-state index contributed by atoms with van der Waals surface area (Å²) in [6.45, 7) is 4.40. The van der Waals surface area contributed by atoms with Crippen molar-refractivity contribution in [3.05, 3.63) is 23.9 Å². The van der Waals surface area contributed by atoms with Crippen molar-refractivity contribution in [2.24, 2.45) is 0 Å². The first-order valence-electron chi connectivity index (χ1n) is 11.3. The molecule has 2 aromatic rings. The Kier molecular flexibility index (Phi) is 9.47. The van der Waals surface area contributed by atoms with E-state index in [0.717, 1.165) is 24.8 Å². The number of anilines is 3. The third-order valence-corrected chi connectivity index (χ3v) is 5.07. The highest BCUT2D eigenvalue weighted by atomic mass is 16.5. The van der Waals surface area contributed by atoms with Gasteiger partial charge in [-0.15, -0.1) is 0 Å². The number of ether oxygens (including phenoxy) is 4. The first-order chi connectivity index (χ1) is 16.5. The van der Waals surface area contributed by atoms with Crippen molar-refractivity contribution in [2.45, 2.75) is 39.1 Å². The summed E-state index contributed by atoms with van der Waals surface area (Å²) in [5, 5.41) is 6.19. The molecular weight excluding hydrogens is 442 g/mol. The maximum atomic E-state index is 11.1.